The molecule has 0 aliphatic heterocycles. The molecule has 0 bridgehead atoms. The van der Waals surface area contributed by atoms with E-state index < -0.39 is 17.9 Å². The summed E-state index contributed by atoms with van der Waals surface area (Å²) in [5, 5.41) is 7.67. The molecule has 1 atom stereocenters. The quantitative estimate of drug-likeness (QED) is 0.519. The standard InChI is InChI=1S/C25H27N3O4S/c29-22(17-26-24(30)20-13-7-15-32-20)28(19-11-5-2-6-12-19)23(21-14-8-16-33-21)25(31)27-18-9-3-1-4-10-18/h2,5-8,11-16,18,23H,1,3-4,9-10,17H2,(H,26,30)(H,27,31)/t23-/m1/s1. The number of furan rings is 1. The summed E-state index contributed by atoms with van der Waals surface area (Å²) in [5.41, 5.74) is 0.590. The Morgan fingerprint density at radius 1 is 1.00 bits per heavy atom. The Balaban J connectivity index is 1.60. The maximum absolute atomic E-state index is 13.6. The number of hydrogen-bond acceptors (Lipinski definition) is 5. The molecule has 33 heavy (non-hydrogen) atoms. The third-order valence-corrected chi connectivity index (χ3v) is 6.64. The van der Waals surface area contributed by atoms with Gasteiger partial charge in [0, 0.05) is 16.6 Å². The molecule has 1 aliphatic rings. The van der Waals surface area contributed by atoms with Gasteiger partial charge in [0.1, 0.15) is 6.04 Å². The Morgan fingerprint density at radius 3 is 2.45 bits per heavy atom. The van der Waals surface area contributed by atoms with E-state index in [1.807, 2.05) is 35.7 Å². The third kappa shape index (κ3) is 5.70. The lowest BCUT2D eigenvalue weighted by Gasteiger charge is -2.32. The number of hydrogen-bond donors (Lipinski definition) is 2. The van der Waals surface area contributed by atoms with Gasteiger partial charge in [0.2, 0.25) is 11.8 Å². The van der Waals surface area contributed by atoms with Gasteiger partial charge in [-0.25, -0.2) is 0 Å². The van der Waals surface area contributed by atoms with E-state index in [1.54, 1.807) is 18.2 Å². The van der Waals surface area contributed by atoms with Gasteiger partial charge in [-0.1, -0.05) is 43.5 Å². The zero-order valence-electron chi connectivity index (χ0n) is 18.2. The lowest BCUT2D eigenvalue weighted by atomic mass is 9.95. The van der Waals surface area contributed by atoms with Crippen molar-refractivity contribution in [3.63, 3.8) is 0 Å². The fourth-order valence-corrected chi connectivity index (χ4v) is 4.92. The maximum atomic E-state index is 13.6. The predicted octanol–water partition coefficient (Wildman–Crippen LogP) is 4.29. The number of anilines is 1. The number of benzene rings is 1. The van der Waals surface area contributed by atoms with E-state index in [4.69, 9.17) is 4.42 Å². The summed E-state index contributed by atoms with van der Waals surface area (Å²) in [4.78, 5) is 41.6. The zero-order chi connectivity index (χ0) is 23.0. The first-order valence-electron chi connectivity index (χ1n) is 11.2. The highest BCUT2D eigenvalue weighted by atomic mass is 32.1. The van der Waals surface area contributed by atoms with Gasteiger partial charge in [-0.05, 0) is 48.6 Å². The molecule has 0 saturated heterocycles. The van der Waals surface area contributed by atoms with Crippen LogP contribution in [0.2, 0.25) is 0 Å². The van der Waals surface area contributed by atoms with Crippen LogP contribution in [0.25, 0.3) is 0 Å². The van der Waals surface area contributed by atoms with Gasteiger partial charge < -0.3 is 15.1 Å². The van der Waals surface area contributed by atoms with Crippen molar-refractivity contribution in [2.45, 2.75) is 44.2 Å². The first-order chi connectivity index (χ1) is 16.1. The minimum absolute atomic E-state index is 0.111. The van der Waals surface area contributed by atoms with Crippen molar-refractivity contribution in [3.05, 3.63) is 76.9 Å². The summed E-state index contributed by atoms with van der Waals surface area (Å²) in [6.07, 6.45) is 6.66. The molecule has 2 heterocycles. The van der Waals surface area contributed by atoms with Crippen LogP contribution < -0.4 is 15.5 Å². The van der Waals surface area contributed by atoms with Crippen molar-refractivity contribution < 1.29 is 18.8 Å². The van der Waals surface area contributed by atoms with Crippen molar-refractivity contribution in [2.75, 3.05) is 11.4 Å². The number of carbonyl (C=O) groups excluding carboxylic acids is 3. The molecule has 0 spiro atoms. The maximum Gasteiger partial charge on any atom is 0.287 e. The summed E-state index contributed by atoms with van der Waals surface area (Å²) in [5.74, 6) is -0.961. The molecule has 2 N–H and O–H groups in total. The van der Waals surface area contributed by atoms with Crippen molar-refractivity contribution in [2.24, 2.45) is 0 Å². The van der Waals surface area contributed by atoms with Gasteiger partial charge in [-0.15, -0.1) is 11.3 Å². The fourth-order valence-electron chi connectivity index (χ4n) is 4.11. The SMILES string of the molecule is O=C(NCC(=O)N(c1ccccc1)[C@@H](C(=O)NC1CCCCC1)c1cccs1)c1ccco1. The summed E-state index contributed by atoms with van der Waals surface area (Å²) in [6, 6.07) is 15.2. The second kappa shape index (κ2) is 11.0. The molecule has 1 fully saturated rings. The van der Waals surface area contributed by atoms with Crippen LogP contribution in [-0.4, -0.2) is 30.3 Å². The number of amides is 3. The Labute approximate surface area is 196 Å². The molecule has 8 heteroatoms. The zero-order valence-corrected chi connectivity index (χ0v) is 19.1. The van der Waals surface area contributed by atoms with Crippen molar-refractivity contribution in [1.29, 1.82) is 0 Å². The Morgan fingerprint density at radius 2 is 1.79 bits per heavy atom. The number of carbonyl (C=O) groups is 3. The molecule has 0 radical (unpaired) electrons. The molecular formula is C25H27N3O4S. The van der Waals surface area contributed by atoms with E-state index in [1.165, 1.54) is 35.0 Å². The fraction of sp³-hybridized carbons (Fsp3) is 0.320. The molecule has 3 aromatic rings. The van der Waals surface area contributed by atoms with Gasteiger partial charge in [-0.3, -0.25) is 19.3 Å². The van der Waals surface area contributed by atoms with Gasteiger partial charge in [0.05, 0.1) is 12.8 Å². The molecule has 1 saturated carbocycles. The summed E-state index contributed by atoms with van der Waals surface area (Å²) < 4.78 is 5.10. The van der Waals surface area contributed by atoms with E-state index in [0.717, 1.165) is 30.6 Å². The van der Waals surface area contributed by atoms with Crippen LogP contribution in [0.1, 0.15) is 53.6 Å². The summed E-state index contributed by atoms with van der Waals surface area (Å²) in [6.45, 7) is -0.271. The molecule has 2 aromatic heterocycles. The van der Waals surface area contributed by atoms with Gasteiger partial charge >= 0.3 is 0 Å². The number of para-hydroxylation sites is 1. The van der Waals surface area contributed by atoms with Crippen molar-refractivity contribution >= 4 is 34.7 Å². The molecule has 172 valence electrons. The van der Waals surface area contributed by atoms with Crippen LogP contribution in [-0.2, 0) is 9.59 Å². The summed E-state index contributed by atoms with van der Waals surface area (Å²) >= 11 is 1.43. The highest BCUT2D eigenvalue weighted by Gasteiger charge is 2.34. The van der Waals surface area contributed by atoms with E-state index in [9.17, 15) is 14.4 Å². The molecule has 1 aromatic carbocycles. The lowest BCUT2D eigenvalue weighted by Crippen LogP contribution is -2.49. The number of nitrogens with zero attached hydrogens (tertiary/aromatic N) is 1. The first kappa shape index (κ1) is 22.8. The summed E-state index contributed by atoms with van der Waals surface area (Å²) in [7, 11) is 0. The Hall–Kier alpha value is -3.39. The Kier molecular flexibility index (Phi) is 7.57. The minimum atomic E-state index is -0.831. The molecular weight excluding hydrogens is 438 g/mol. The average molecular weight is 466 g/mol. The monoisotopic (exact) mass is 465 g/mol. The van der Waals surface area contributed by atoms with Crippen LogP contribution >= 0.6 is 11.3 Å². The van der Waals surface area contributed by atoms with Crippen LogP contribution in [0.15, 0.2) is 70.7 Å². The topological polar surface area (TPSA) is 91.7 Å². The van der Waals surface area contributed by atoms with Gasteiger partial charge in [0.25, 0.3) is 5.91 Å². The van der Waals surface area contributed by atoms with Crippen LogP contribution in [0.3, 0.4) is 0 Å². The van der Waals surface area contributed by atoms with E-state index in [-0.39, 0.29) is 24.3 Å². The van der Waals surface area contributed by atoms with E-state index in [0.29, 0.717) is 5.69 Å². The number of rotatable bonds is 8. The normalized spacial score (nSPS) is 14.9. The largest absolute Gasteiger partial charge is 0.459 e. The van der Waals surface area contributed by atoms with Gasteiger partial charge in [0.15, 0.2) is 5.76 Å². The molecule has 4 rings (SSSR count). The van der Waals surface area contributed by atoms with Gasteiger partial charge in [-0.2, -0.15) is 0 Å². The van der Waals surface area contributed by atoms with E-state index >= 15 is 0 Å². The molecule has 0 unspecified atom stereocenters. The molecule has 3 amide bonds. The van der Waals surface area contributed by atoms with Crippen molar-refractivity contribution in [3.8, 4) is 0 Å². The number of thiophene rings is 1. The smallest absolute Gasteiger partial charge is 0.287 e. The highest BCUT2D eigenvalue weighted by Crippen LogP contribution is 2.31. The highest BCUT2D eigenvalue weighted by molar-refractivity contribution is 7.10. The van der Waals surface area contributed by atoms with Crippen molar-refractivity contribution in [1.82, 2.24) is 10.6 Å². The average Bonchev–Trinajstić information content (AvgIpc) is 3.56. The van der Waals surface area contributed by atoms with E-state index in [2.05, 4.69) is 10.6 Å². The van der Waals surface area contributed by atoms with Crippen LogP contribution in [0, 0.1) is 0 Å². The second-order valence-electron chi connectivity index (χ2n) is 8.02. The second-order valence-corrected chi connectivity index (χ2v) is 9.00. The molecule has 7 nitrogen and oxygen atoms in total. The molecule has 1 aliphatic carbocycles. The third-order valence-electron chi connectivity index (χ3n) is 5.72. The number of nitrogens with one attached hydrogen (secondary N) is 2. The lowest BCUT2D eigenvalue weighted by molar-refractivity contribution is -0.126. The predicted molar refractivity (Wildman–Crippen MR) is 127 cm³/mol. The minimum Gasteiger partial charge on any atom is -0.459 e. The van der Waals surface area contributed by atoms with Crippen LogP contribution in [0.4, 0.5) is 5.69 Å². The van der Waals surface area contributed by atoms with Crippen LogP contribution in [0.5, 0.6) is 0 Å². The Bertz CT molecular complexity index is 1040. The first-order valence-corrected chi connectivity index (χ1v) is 12.0.